The van der Waals surface area contributed by atoms with Gasteiger partial charge in [-0.2, -0.15) is 0 Å². The molecule has 2 aromatic rings. The maximum absolute atomic E-state index is 12.3. The van der Waals surface area contributed by atoms with Crippen molar-refractivity contribution in [1.29, 1.82) is 0 Å². The fourth-order valence-electron chi connectivity index (χ4n) is 2.48. The lowest BCUT2D eigenvalue weighted by Gasteiger charge is -2.12. The van der Waals surface area contributed by atoms with Crippen LogP contribution in [-0.4, -0.2) is 10.9 Å². The summed E-state index contributed by atoms with van der Waals surface area (Å²) in [6.45, 7) is 1.92. The second kappa shape index (κ2) is 5.13. The number of thiophene rings is 1. The van der Waals surface area contributed by atoms with Crippen molar-refractivity contribution in [3.8, 4) is 0 Å². The molecule has 0 atom stereocenters. The molecular formula is C15H16N2OS. The van der Waals surface area contributed by atoms with E-state index in [-0.39, 0.29) is 5.91 Å². The Morgan fingerprint density at radius 2 is 2.16 bits per heavy atom. The summed E-state index contributed by atoms with van der Waals surface area (Å²) in [6.07, 6.45) is 4.58. The topological polar surface area (TPSA) is 42.0 Å². The van der Waals surface area contributed by atoms with Crippen LogP contribution in [0.15, 0.2) is 23.6 Å². The van der Waals surface area contributed by atoms with Crippen LogP contribution in [0.4, 0.5) is 5.82 Å². The monoisotopic (exact) mass is 272 g/mol. The van der Waals surface area contributed by atoms with Crippen LogP contribution in [0.5, 0.6) is 0 Å². The molecule has 0 saturated carbocycles. The zero-order valence-electron chi connectivity index (χ0n) is 10.9. The number of carbonyl (C=O) groups is 1. The molecule has 4 heteroatoms. The zero-order chi connectivity index (χ0) is 13.2. The first-order chi connectivity index (χ1) is 9.24. The number of amides is 1. The van der Waals surface area contributed by atoms with Crippen LogP contribution < -0.4 is 5.32 Å². The number of hydrogen-bond acceptors (Lipinski definition) is 3. The Morgan fingerprint density at radius 1 is 1.32 bits per heavy atom. The maximum Gasteiger partial charge on any atom is 0.257 e. The zero-order valence-corrected chi connectivity index (χ0v) is 11.7. The highest BCUT2D eigenvalue weighted by atomic mass is 32.1. The molecule has 0 unspecified atom stereocenters. The Balaban J connectivity index is 1.83. The quantitative estimate of drug-likeness (QED) is 0.908. The highest BCUT2D eigenvalue weighted by Gasteiger charge is 2.20. The van der Waals surface area contributed by atoms with E-state index in [9.17, 15) is 4.79 Å². The van der Waals surface area contributed by atoms with Crippen LogP contribution in [-0.2, 0) is 12.8 Å². The average Bonchev–Trinajstić information content (AvgIpc) is 2.82. The molecule has 0 spiro atoms. The van der Waals surface area contributed by atoms with Gasteiger partial charge in [-0.25, -0.2) is 4.98 Å². The lowest BCUT2D eigenvalue weighted by Crippen LogP contribution is -2.15. The van der Waals surface area contributed by atoms with Crippen molar-refractivity contribution in [1.82, 2.24) is 4.98 Å². The summed E-state index contributed by atoms with van der Waals surface area (Å²) in [6, 6.07) is 5.65. The van der Waals surface area contributed by atoms with Gasteiger partial charge in [0.2, 0.25) is 0 Å². The van der Waals surface area contributed by atoms with E-state index in [0.29, 0.717) is 5.82 Å². The predicted molar refractivity (Wildman–Crippen MR) is 77.9 cm³/mol. The Kier molecular flexibility index (Phi) is 3.34. The number of fused-ring (bicyclic) bond motifs is 1. The van der Waals surface area contributed by atoms with Crippen LogP contribution in [0, 0.1) is 6.92 Å². The number of nitrogens with zero attached hydrogens (tertiary/aromatic N) is 1. The predicted octanol–water partition coefficient (Wildman–Crippen LogP) is 3.58. The summed E-state index contributed by atoms with van der Waals surface area (Å²) in [5, 5.41) is 4.88. The number of nitrogens with one attached hydrogen (secondary N) is 1. The minimum absolute atomic E-state index is 0.0301. The molecule has 3 rings (SSSR count). The first kappa shape index (κ1) is 12.4. The lowest BCUT2D eigenvalue weighted by molar-refractivity contribution is 0.102. The molecule has 98 valence electrons. The summed E-state index contributed by atoms with van der Waals surface area (Å²) >= 11 is 1.71. The standard InChI is InChI=1S/C15H16N2OS/c1-10-5-4-8-14(16-10)17-15(18)12-9-19-13-7-3-2-6-11(12)13/h4-5,8-9H,2-3,6-7H2,1H3,(H,16,17,18). The average molecular weight is 272 g/mol. The second-order valence-electron chi connectivity index (χ2n) is 4.88. The van der Waals surface area contributed by atoms with Gasteiger partial charge in [-0.05, 0) is 50.3 Å². The van der Waals surface area contributed by atoms with Crippen LogP contribution in [0.3, 0.4) is 0 Å². The summed E-state index contributed by atoms with van der Waals surface area (Å²) in [5.74, 6) is 0.596. The van der Waals surface area contributed by atoms with Gasteiger partial charge in [0.05, 0.1) is 5.56 Å². The number of carbonyl (C=O) groups excluding carboxylic acids is 1. The van der Waals surface area contributed by atoms with E-state index in [0.717, 1.165) is 24.1 Å². The molecule has 0 fully saturated rings. The van der Waals surface area contributed by atoms with E-state index < -0.39 is 0 Å². The van der Waals surface area contributed by atoms with E-state index >= 15 is 0 Å². The Labute approximate surface area is 116 Å². The van der Waals surface area contributed by atoms with Gasteiger partial charge in [0.25, 0.3) is 5.91 Å². The van der Waals surface area contributed by atoms with Gasteiger partial charge < -0.3 is 5.32 Å². The highest BCUT2D eigenvalue weighted by molar-refractivity contribution is 7.10. The molecule has 1 N–H and O–H groups in total. The van der Waals surface area contributed by atoms with E-state index in [1.54, 1.807) is 11.3 Å². The molecule has 1 aliphatic carbocycles. The number of aryl methyl sites for hydroxylation is 2. The summed E-state index contributed by atoms with van der Waals surface area (Å²) in [7, 11) is 0. The molecule has 1 aliphatic rings. The smallest absolute Gasteiger partial charge is 0.257 e. The fraction of sp³-hybridized carbons (Fsp3) is 0.333. The van der Waals surface area contributed by atoms with Gasteiger partial charge in [-0.15, -0.1) is 11.3 Å². The fourth-order valence-corrected chi connectivity index (χ4v) is 3.61. The largest absolute Gasteiger partial charge is 0.307 e. The third-order valence-electron chi connectivity index (χ3n) is 3.44. The first-order valence-electron chi connectivity index (χ1n) is 6.58. The summed E-state index contributed by atoms with van der Waals surface area (Å²) in [5.41, 5.74) is 2.99. The van der Waals surface area contributed by atoms with Gasteiger partial charge >= 0.3 is 0 Å². The van der Waals surface area contributed by atoms with Crippen LogP contribution >= 0.6 is 11.3 Å². The van der Waals surface area contributed by atoms with Crippen molar-refractivity contribution in [2.45, 2.75) is 32.6 Å². The van der Waals surface area contributed by atoms with E-state index in [2.05, 4.69) is 10.3 Å². The Hall–Kier alpha value is -1.68. The Bertz CT molecular complexity index is 618. The second-order valence-corrected chi connectivity index (χ2v) is 5.84. The molecule has 2 heterocycles. The molecule has 0 radical (unpaired) electrons. The van der Waals surface area contributed by atoms with E-state index in [1.807, 2.05) is 30.5 Å². The van der Waals surface area contributed by atoms with E-state index in [4.69, 9.17) is 0 Å². The molecular weight excluding hydrogens is 256 g/mol. The number of pyridine rings is 1. The lowest BCUT2D eigenvalue weighted by atomic mass is 9.96. The van der Waals surface area contributed by atoms with Gasteiger partial charge in [-0.1, -0.05) is 6.07 Å². The maximum atomic E-state index is 12.3. The summed E-state index contributed by atoms with van der Waals surface area (Å²) in [4.78, 5) is 18.0. The molecule has 2 aromatic heterocycles. The minimum Gasteiger partial charge on any atom is -0.307 e. The van der Waals surface area contributed by atoms with Crippen molar-refractivity contribution >= 4 is 23.1 Å². The van der Waals surface area contributed by atoms with Crippen LogP contribution in [0.1, 0.15) is 39.3 Å². The molecule has 0 bridgehead atoms. The molecule has 0 saturated heterocycles. The van der Waals surface area contributed by atoms with Crippen LogP contribution in [0.25, 0.3) is 0 Å². The van der Waals surface area contributed by atoms with Crippen LogP contribution in [0.2, 0.25) is 0 Å². The summed E-state index contributed by atoms with van der Waals surface area (Å²) < 4.78 is 0. The Morgan fingerprint density at radius 3 is 3.00 bits per heavy atom. The third kappa shape index (κ3) is 2.54. The molecule has 1 amide bonds. The molecule has 0 aliphatic heterocycles. The third-order valence-corrected chi connectivity index (χ3v) is 4.52. The molecule has 0 aromatic carbocycles. The highest BCUT2D eigenvalue weighted by Crippen LogP contribution is 2.30. The van der Waals surface area contributed by atoms with Gasteiger partial charge in [-0.3, -0.25) is 4.79 Å². The van der Waals surface area contributed by atoms with Gasteiger partial charge in [0, 0.05) is 16.0 Å². The van der Waals surface area contributed by atoms with Gasteiger partial charge in [0.15, 0.2) is 0 Å². The molecule has 19 heavy (non-hydrogen) atoms. The van der Waals surface area contributed by atoms with Crippen molar-refractivity contribution in [3.05, 3.63) is 45.3 Å². The first-order valence-corrected chi connectivity index (χ1v) is 7.46. The number of aromatic nitrogens is 1. The number of hydrogen-bond donors (Lipinski definition) is 1. The van der Waals surface area contributed by atoms with E-state index in [1.165, 1.54) is 23.3 Å². The van der Waals surface area contributed by atoms with Gasteiger partial charge in [0.1, 0.15) is 5.82 Å². The van der Waals surface area contributed by atoms with Crippen molar-refractivity contribution in [2.75, 3.05) is 5.32 Å². The van der Waals surface area contributed by atoms with Crippen molar-refractivity contribution in [2.24, 2.45) is 0 Å². The van der Waals surface area contributed by atoms with Crippen molar-refractivity contribution < 1.29 is 4.79 Å². The van der Waals surface area contributed by atoms with Crippen molar-refractivity contribution in [3.63, 3.8) is 0 Å². The number of anilines is 1. The SMILES string of the molecule is Cc1cccc(NC(=O)c2csc3c2CCCC3)n1. The minimum atomic E-state index is -0.0301. The molecule has 3 nitrogen and oxygen atoms in total. The normalized spacial score (nSPS) is 13.9. The number of rotatable bonds is 2.